The molecule has 1 aromatic carbocycles. The van der Waals surface area contributed by atoms with Gasteiger partial charge in [-0.2, -0.15) is 0 Å². The van der Waals surface area contributed by atoms with Crippen molar-refractivity contribution in [3.8, 4) is 0 Å². The number of nitro groups is 1. The number of aromatic nitrogens is 2. The fraction of sp³-hybridized carbons (Fsp3) is 0.467. The molecule has 0 atom stereocenters. The van der Waals surface area contributed by atoms with E-state index in [1.807, 2.05) is 0 Å². The molecule has 1 spiro atoms. The molecule has 2 fully saturated rings. The summed E-state index contributed by atoms with van der Waals surface area (Å²) in [5.74, 6) is 0. The molecular weight excluding hydrogens is 284 g/mol. The van der Waals surface area contributed by atoms with Gasteiger partial charge in [-0.05, 0) is 37.2 Å². The lowest BCUT2D eigenvalue weighted by Crippen LogP contribution is -2.36. The largest absolute Gasteiger partial charge is 0.365 e. The molecule has 22 heavy (non-hydrogen) atoms. The van der Waals surface area contributed by atoms with Crippen LogP contribution in [0.4, 0.5) is 11.4 Å². The van der Waals surface area contributed by atoms with Gasteiger partial charge in [-0.3, -0.25) is 14.9 Å². The van der Waals surface area contributed by atoms with Crippen LogP contribution >= 0.6 is 0 Å². The fourth-order valence-electron chi connectivity index (χ4n) is 3.49. The molecule has 4 rings (SSSR count). The van der Waals surface area contributed by atoms with Gasteiger partial charge in [-0.25, -0.2) is 4.98 Å². The maximum Gasteiger partial charge on any atom is 0.293 e. The number of H-pyrrole nitrogens is 1. The lowest BCUT2D eigenvalue weighted by Gasteiger charge is -2.34. The van der Waals surface area contributed by atoms with E-state index in [2.05, 4.69) is 14.9 Å². The number of nitrogens with zero attached hydrogens (tertiary/aromatic N) is 3. The van der Waals surface area contributed by atoms with E-state index < -0.39 is 4.92 Å². The quantitative estimate of drug-likeness (QED) is 0.678. The van der Waals surface area contributed by atoms with E-state index in [0.717, 1.165) is 19.5 Å². The average Bonchev–Trinajstić information content (AvgIpc) is 3.25. The van der Waals surface area contributed by atoms with E-state index in [9.17, 15) is 14.9 Å². The molecule has 0 unspecified atom stereocenters. The molecule has 2 aliphatic rings. The van der Waals surface area contributed by atoms with Crippen LogP contribution in [0.25, 0.3) is 10.9 Å². The molecule has 7 nitrogen and oxygen atoms in total. The van der Waals surface area contributed by atoms with Crippen molar-refractivity contribution in [2.45, 2.75) is 25.7 Å². The maximum atomic E-state index is 11.8. The van der Waals surface area contributed by atoms with Gasteiger partial charge in [0.25, 0.3) is 11.2 Å². The van der Waals surface area contributed by atoms with Crippen molar-refractivity contribution in [2.75, 3.05) is 18.0 Å². The summed E-state index contributed by atoms with van der Waals surface area (Å²) in [6, 6.07) is 3.04. The van der Waals surface area contributed by atoms with Crippen LogP contribution in [0, 0.1) is 15.5 Å². The number of piperidine rings is 1. The Bertz CT molecular complexity index is 825. The zero-order valence-electron chi connectivity index (χ0n) is 12.0. The summed E-state index contributed by atoms with van der Waals surface area (Å²) in [7, 11) is 0. The summed E-state index contributed by atoms with van der Waals surface area (Å²) in [6.45, 7) is 1.68. The summed E-state index contributed by atoms with van der Waals surface area (Å²) in [6.07, 6.45) is 6.02. The molecule has 0 amide bonds. The Balaban J connectivity index is 1.86. The molecular formula is C15H16N4O3. The van der Waals surface area contributed by atoms with Crippen LogP contribution in [0.1, 0.15) is 25.7 Å². The number of benzene rings is 1. The standard InChI is InChI=1S/C15H16N4O3/c20-14-10-6-13(19(21)22)12(7-11(10)16-9-17-14)18-5-1-2-15(8-18)3-4-15/h6-7,9H,1-5,8H2,(H,16,17,20). The third-order valence-corrected chi connectivity index (χ3v) is 4.89. The van der Waals surface area contributed by atoms with Gasteiger partial charge in [0.1, 0.15) is 5.69 Å². The van der Waals surface area contributed by atoms with Gasteiger partial charge in [0.05, 0.1) is 22.2 Å². The molecule has 1 saturated carbocycles. The molecule has 1 aliphatic carbocycles. The van der Waals surface area contributed by atoms with E-state index >= 15 is 0 Å². The van der Waals surface area contributed by atoms with Crippen LogP contribution in [0.2, 0.25) is 0 Å². The van der Waals surface area contributed by atoms with Gasteiger partial charge < -0.3 is 9.88 Å². The fourth-order valence-corrected chi connectivity index (χ4v) is 3.49. The van der Waals surface area contributed by atoms with E-state index in [0.29, 0.717) is 16.6 Å². The van der Waals surface area contributed by atoms with Crippen molar-refractivity contribution in [1.82, 2.24) is 9.97 Å². The Morgan fingerprint density at radius 2 is 2.14 bits per heavy atom. The van der Waals surface area contributed by atoms with E-state index in [1.165, 1.54) is 31.7 Å². The molecule has 0 bridgehead atoms. The van der Waals surface area contributed by atoms with Gasteiger partial charge in [0, 0.05) is 19.2 Å². The van der Waals surface area contributed by atoms with E-state index in [-0.39, 0.29) is 16.6 Å². The molecule has 2 aromatic rings. The number of fused-ring (bicyclic) bond motifs is 1. The highest BCUT2D eigenvalue weighted by Crippen LogP contribution is 2.53. The first-order valence-corrected chi connectivity index (χ1v) is 7.49. The Kier molecular flexibility index (Phi) is 2.72. The van der Waals surface area contributed by atoms with Gasteiger partial charge in [0.15, 0.2) is 0 Å². The second kappa shape index (κ2) is 4.53. The summed E-state index contributed by atoms with van der Waals surface area (Å²) in [5, 5.41) is 11.7. The average molecular weight is 300 g/mol. The minimum absolute atomic E-state index is 0.0105. The Morgan fingerprint density at radius 1 is 1.32 bits per heavy atom. The second-order valence-electron chi connectivity index (χ2n) is 6.37. The SMILES string of the molecule is O=c1[nH]cnc2cc(N3CCCC4(CC4)C3)c([N+](=O)[O-])cc12. The maximum absolute atomic E-state index is 11.8. The number of hydrogen-bond acceptors (Lipinski definition) is 5. The highest BCUT2D eigenvalue weighted by molar-refractivity contribution is 5.87. The van der Waals surface area contributed by atoms with Crippen molar-refractivity contribution in [2.24, 2.45) is 5.41 Å². The van der Waals surface area contributed by atoms with Gasteiger partial charge in [0.2, 0.25) is 0 Å². The first-order valence-electron chi connectivity index (χ1n) is 7.49. The third kappa shape index (κ3) is 2.04. The van der Waals surface area contributed by atoms with Gasteiger partial charge in [-0.15, -0.1) is 0 Å². The molecule has 1 aromatic heterocycles. The zero-order chi connectivity index (χ0) is 15.3. The molecule has 1 N–H and O–H groups in total. The van der Waals surface area contributed by atoms with Crippen molar-refractivity contribution in [3.05, 3.63) is 38.9 Å². The van der Waals surface area contributed by atoms with Crippen LogP contribution in [-0.4, -0.2) is 28.0 Å². The molecule has 7 heteroatoms. The highest BCUT2D eigenvalue weighted by atomic mass is 16.6. The molecule has 0 radical (unpaired) electrons. The van der Waals surface area contributed by atoms with Crippen molar-refractivity contribution < 1.29 is 4.92 Å². The predicted octanol–water partition coefficient (Wildman–Crippen LogP) is 2.21. The predicted molar refractivity (Wildman–Crippen MR) is 82.1 cm³/mol. The topological polar surface area (TPSA) is 92.1 Å². The van der Waals surface area contributed by atoms with Crippen LogP contribution in [0.3, 0.4) is 0 Å². The Morgan fingerprint density at radius 3 is 2.86 bits per heavy atom. The number of nitrogens with one attached hydrogen (secondary N) is 1. The first kappa shape index (κ1) is 13.2. The number of hydrogen-bond donors (Lipinski definition) is 1. The number of aromatic amines is 1. The smallest absolute Gasteiger partial charge is 0.293 e. The molecule has 1 aliphatic heterocycles. The first-order chi connectivity index (χ1) is 10.6. The monoisotopic (exact) mass is 300 g/mol. The third-order valence-electron chi connectivity index (χ3n) is 4.89. The van der Waals surface area contributed by atoms with Crippen LogP contribution in [-0.2, 0) is 0 Å². The summed E-state index contributed by atoms with van der Waals surface area (Å²) in [5.41, 5.74) is 1.09. The van der Waals surface area contributed by atoms with E-state index in [4.69, 9.17) is 0 Å². The number of rotatable bonds is 2. The van der Waals surface area contributed by atoms with E-state index in [1.54, 1.807) is 6.07 Å². The summed E-state index contributed by atoms with van der Waals surface area (Å²) in [4.78, 5) is 31.6. The van der Waals surface area contributed by atoms with Crippen molar-refractivity contribution >= 4 is 22.3 Å². The van der Waals surface area contributed by atoms with Crippen molar-refractivity contribution in [3.63, 3.8) is 0 Å². The van der Waals surface area contributed by atoms with Gasteiger partial charge in [-0.1, -0.05) is 0 Å². The normalized spacial score (nSPS) is 19.5. The highest BCUT2D eigenvalue weighted by Gasteiger charge is 2.46. The minimum Gasteiger partial charge on any atom is -0.365 e. The van der Waals surface area contributed by atoms with Crippen LogP contribution in [0.5, 0.6) is 0 Å². The minimum atomic E-state index is -0.407. The van der Waals surface area contributed by atoms with Crippen LogP contribution in [0.15, 0.2) is 23.3 Å². The zero-order valence-corrected chi connectivity index (χ0v) is 12.0. The lowest BCUT2D eigenvalue weighted by molar-refractivity contribution is -0.384. The summed E-state index contributed by atoms with van der Waals surface area (Å²) < 4.78 is 0. The molecule has 2 heterocycles. The second-order valence-corrected chi connectivity index (χ2v) is 6.37. The molecule has 114 valence electrons. The number of anilines is 1. The Labute approximate surface area is 126 Å². The van der Waals surface area contributed by atoms with Crippen molar-refractivity contribution in [1.29, 1.82) is 0 Å². The Hall–Kier alpha value is -2.44. The lowest BCUT2D eigenvalue weighted by atomic mass is 9.94. The van der Waals surface area contributed by atoms with Crippen LogP contribution < -0.4 is 10.5 Å². The number of nitro benzene ring substituents is 1. The summed E-state index contributed by atoms with van der Waals surface area (Å²) >= 11 is 0. The van der Waals surface area contributed by atoms with Gasteiger partial charge >= 0.3 is 0 Å². The molecule has 1 saturated heterocycles.